The van der Waals surface area contributed by atoms with Gasteiger partial charge >= 0.3 is 23.1 Å². The Bertz CT molecular complexity index is 166. The molecule has 11 heavy (non-hydrogen) atoms. The van der Waals surface area contributed by atoms with Crippen LogP contribution in [0.5, 0.6) is 0 Å². The molecule has 0 aliphatic carbocycles. The first-order valence-electron chi connectivity index (χ1n) is 2.74. The van der Waals surface area contributed by atoms with Crippen molar-refractivity contribution in [3.05, 3.63) is 42.8 Å². The largest absolute Gasteiger partial charge is 2.00 e. The molecule has 0 saturated heterocycles. The summed E-state index contributed by atoms with van der Waals surface area (Å²) in [5.41, 5.74) is 2.56. The predicted molar refractivity (Wildman–Crippen MR) is 57.2 cm³/mol. The fourth-order valence-electron chi connectivity index (χ4n) is 0.604. The van der Waals surface area contributed by atoms with Crippen LogP contribution in [0.2, 0.25) is 0 Å². The van der Waals surface area contributed by atoms with Gasteiger partial charge in [0.1, 0.15) is 0 Å². The van der Waals surface area contributed by atoms with Crippen molar-refractivity contribution in [3.63, 3.8) is 0 Å². The topological polar surface area (TPSA) is 0 Å². The van der Waals surface area contributed by atoms with E-state index < -0.39 is 0 Å². The summed E-state index contributed by atoms with van der Waals surface area (Å²) in [6.07, 6.45) is 0. The quantitative estimate of drug-likeness (QED) is 0.470. The third-order valence-corrected chi connectivity index (χ3v) is 1.33. The van der Waals surface area contributed by atoms with Gasteiger partial charge in [-0.1, -0.05) is 13.8 Å². The minimum absolute atomic E-state index is 0. The third kappa shape index (κ3) is 5.71. The van der Waals surface area contributed by atoms with Crippen molar-refractivity contribution >= 4 is 40.0 Å². The molecule has 1 rings (SSSR count). The van der Waals surface area contributed by atoms with Crippen molar-refractivity contribution in [2.24, 2.45) is 0 Å². The van der Waals surface area contributed by atoms with Gasteiger partial charge in [-0.15, -0.1) is 17.0 Å². The molecule has 0 amide bonds. The van der Waals surface area contributed by atoms with Gasteiger partial charge in [0, 0.05) is 0 Å². The molecule has 0 spiro atoms. The summed E-state index contributed by atoms with van der Waals surface area (Å²) in [5, 5.41) is 0. The van der Waals surface area contributed by atoms with Gasteiger partial charge in [-0.05, 0) is 0 Å². The first-order chi connectivity index (χ1) is 3.80. The van der Waals surface area contributed by atoms with Crippen LogP contribution in [0.3, 0.4) is 0 Å². The van der Waals surface area contributed by atoms with Gasteiger partial charge in [0.05, 0.1) is 0 Å². The molecule has 0 aliphatic rings. The molecule has 0 fully saturated rings. The molecule has 0 nitrogen and oxygen atoms in total. The van der Waals surface area contributed by atoms with E-state index in [1.54, 1.807) is 0 Å². The number of rotatable bonds is 0. The summed E-state index contributed by atoms with van der Waals surface area (Å²) >= 11 is 0. The standard InChI is InChI=1S/C8H9.CH3.BrH.Mg/c1-7-5-3-4-6-8(7)2;;;/h3-5H,1-2H3;1H3;1H;/q2*-1;;+2. The molecule has 2 heteroatoms. The van der Waals surface area contributed by atoms with Crippen molar-refractivity contribution in [1.29, 1.82) is 0 Å². The first-order valence-corrected chi connectivity index (χ1v) is 2.74. The predicted octanol–water partition coefficient (Wildman–Crippen LogP) is 2.75. The molecule has 0 unspecified atom stereocenters. The van der Waals surface area contributed by atoms with Crippen molar-refractivity contribution in [1.82, 2.24) is 0 Å². The van der Waals surface area contributed by atoms with Gasteiger partial charge in [0.15, 0.2) is 0 Å². The van der Waals surface area contributed by atoms with Crippen LogP contribution in [0.4, 0.5) is 0 Å². The Labute approximate surface area is 96.3 Å². The van der Waals surface area contributed by atoms with Crippen molar-refractivity contribution in [2.75, 3.05) is 0 Å². The Morgan fingerprint density at radius 2 is 1.82 bits per heavy atom. The maximum absolute atomic E-state index is 3.10. The molecule has 0 aliphatic heterocycles. The number of aryl methyl sites for hydroxylation is 2. The molecule has 0 bridgehead atoms. The minimum atomic E-state index is 0. The summed E-state index contributed by atoms with van der Waals surface area (Å²) < 4.78 is 0. The second kappa shape index (κ2) is 8.56. The van der Waals surface area contributed by atoms with E-state index in [1.165, 1.54) is 11.1 Å². The normalized spacial score (nSPS) is 6.73. The second-order valence-corrected chi connectivity index (χ2v) is 1.98. The Balaban J connectivity index is -0.000000213. The first kappa shape index (κ1) is 17.5. The van der Waals surface area contributed by atoms with E-state index in [-0.39, 0.29) is 47.5 Å². The molecular formula is C9H13BrMg. The van der Waals surface area contributed by atoms with Crippen LogP contribution in [0.1, 0.15) is 11.1 Å². The van der Waals surface area contributed by atoms with Crippen LogP contribution < -0.4 is 0 Å². The summed E-state index contributed by atoms with van der Waals surface area (Å²) in [5.74, 6) is 0. The number of hydrogen-bond acceptors (Lipinski definition) is 0. The van der Waals surface area contributed by atoms with E-state index in [0.29, 0.717) is 0 Å². The zero-order chi connectivity index (χ0) is 5.98. The summed E-state index contributed by atoms with van der Waals surface area (Å²) in [6, 6.07) is 9.12. The molecule has 0 N–H and O–H groups in total. The number of halogens is 1. The maximum Gasteiger partial charge on any atom is 2.00 e. The summed E-state index contributed by atoms with van der Waals surface area (Å²) in [4.78, 5) is 0. The molecule has 1 aromatic rings. The van der Waals surface area contributed by atoms with Crippen molar-refractivity contribution < 1.29 is 0 Å². The second-order valence-electron chi connectivity index (χ2n) is 1.98. The maximum atomic E-state index is 3.10. The van der Waals surface area contributed by atoms with Crippen LogP contribution in [-0.4, -0.2) is 23.1 Å². The van der Waals surface area contributed by atoms with Gasteiger partial charge < -0.3 is 7.43 Å². The van der Waals surface area contributed by atoms with E-state index in [0.717, 1.165) is 0 Å². The fourth-order valence-corrected chi connectivity index (χ4v) is 0.604. The molecular weight excluding hydrogens is 212 g/mol. The zero-order valence-corrected chi connectivity index (χ0v) is 10.5. The molecule has 1 aromatic carbocycles. The van der Waals surface area contributed by atoms with E-state index >= 15 is 0 Å². The van der Waals surface area contributed by atoms with Crippen LogP contribution in [0, 0.1) is 27.3 Å². The Kier molecular flexibility index (Phi) is 13.6. The SMILES string of the molecule is Br.Cc1[c-]cccc1C.[CH3-].[Mg+2]. The van der Waals surface area contributed by atoms with Crippen LogP contribution in [0.25, 0.3) is 0 Å². The summed E-state index contributed by atoms with van der Waals surface area (Å²) in [7, 11) is 0. The molecule has 58 valence electrons. The van der Waals surface area contributed by atoms with Gasteiger partial charge in [-0.3, -0.25) is 0 Å². The monoisotopic (exact) mass is 224 g/mol. The molecule has 0 heterocycles. The average Bonchev–Trinajstić information content (AvgIpc) is 1.77. The van der Waals surface area contributed by atoms with Gasteiger partial charge in [-0.2, -0.15) is 35.4 Å². The number of benzene rings is 1. The smallest absolute Gasteiger partial charge is 0.358 e. The molecule has 0 saturated carbocycles. The molecule has 0 aromatic heterocycles. The molecule has 0 radical (unpaired) electrons. The fraction of sp³-hybridized carbons (Fsp3) is 0.222. The van der Waals surface area contributed by atoms with Crippen LogP contribution in [-0.2, 0) is 0 Å². The zero-order valence-electron chi connectivity index (χ0n) is 7.35. The Morgan fingerprint density at radius 3 is 2.09 bits per heavy atom. The van der Waals surface area contributed by atoms with Crippen LogP contribution in [0.15, 0.2) is 18.2 Å². The van der Waals surface area contributed by atoms with Crippen LogP contribution >= 0.6 is 17.0 Å². The van der Waals surface area contributed by atoms with E-state index in [4.69, 9.17) is 0 Å². The van der Waals surface area contributed by atoms with E-state index in [9.17, 15) is 0 Å². The Morgan fingerprint density at radius 1 is 1.27 bits per heavy atom. The van der Waals surface area contributed by atoms with E-state index in [1.807, 2.05) is 12.1 Å². The molecule has 0 atom stereocenters. The minimum Gasteiger partial charge on any atom is -0.358 e. The van der Waals surface area contributed by atoms with Crippen molar-refractivity contribution in [3.8, 4) is 0 Å². The summed E-state index contributed by atoms with van der Waals surface area (Å²) in [6.45, 7) is 4.15. The van der Waals surface area contributed by atoms with Crippen molar-refractivity contribution in [2.45, 2.75) is 13.8 Å². The average molecular weight is 225 g/mol. The van der Waals surface area contributed by atoms with Gasteiger partial charge in [0.2, 0.25) is 0 Å². The Hall–Kier alpha value is 0.466. The van der Waals surface area contributed by atoms with Gasteiger partial charge in [0.25, 0.3) is 0 Å². The third-order valence-electron chi connectivity index (χ3n) is 1.33. The number of hydrogen-bond donors (Lipinski definition) is 0. The van der Waals surface area contributed by atoms with E-state index in [2.05, 4.69) is 26.0 Å². The van der Waals surface area contributed by atoms with Gasteiger partial charge in [-0.25, -0.2) is 0 Å².